The highest BCUT2D eigenvalue weighted by molar-refractivity contribution is 7.08. The van der Waals surface area contributed by atoms with E-state index in [-0.39, 0.29) is 16.4 Å². The minimum Gasteiger partial charge on any atom is -0.477 e. The van der Waals surface area contributed by atoms with Crippen molar-refractivity contribution in [1.29, 1.82) is 0 Å². The van der Waals surface area contributed by atoms with Crippen molar-refractivity contribution in [2.75, 3.05) is 0 Å². The molecule has 0 aliphatic carbocycles. The third-order valence-electron chi connectivity index (χ3n) is 1.02. The maximum Gasteiger partial charge on any atom is 0.349 e. The molecule has 1 heterocycles. The summed E-state index contributed by atoms with van der Waals surface area (Å²) in [5.74, 6) is -1.54. The molecule has 0 unspecified atom stereocenters. The number of carbonyl (C=O) groups excluding carboxylic acids is 1. The van der Waals surface area contributed by atoms with Gasteiger partial charge < -0.3 is 5.11 Å². The Morgan fingerprint density at radius 1 is 1.55 bits per heavy atom. The molecule has 1 N–H and O–H groups in total. The van der Waals surface area contributed by atoms with Gasteiger partial charge in [-0.05, 0) is 11.5 Å². The first-order chi connectivity index (χ1) is 5.13. The number of carboxylic acids is 1. The molecule has 0 fully saturated rings. The largest absolute Gasteiger partial charge is 0.477 e. The van der Waals surface area contributed by atoms with Crippen LogP contribution in [0, 0.1) is 0 Å². The van der Waals surface area contributed by atoms with Crippen molar-refractivity contribution in [2.45, 2.75) is 6.92 Å². The van der Waals surface area contributed by atoms with E-state index in [2.05, 4.69) is 9.59 Å². The second-order valence-corrected chi connectivity index (χ2v) is 2.57. The fraction of sp³-hybridized carbons (Fsp3) is 0.200. The first-order valence-electron chi connectivity index (χ1n) is 2.69. The Hall–Kier alpha value is -1.30. The highest BCUT2D eigenvalue weighted by Gasteiger charge is 2.17. The van der Waals surface area contributed by atoms with Crippen LogP contribution in [-0.2, 0) is 0 Å². The quantitative estimate of drug-likeness (QED) is 0.654. The monoisotopic (exact) mass is 172 g/mol. The minimum atomic E-state index is -1.16. The Kier molecular flexibility index (Phi) is 1.95. The lowest BCUT2D eigenvalue weighted by Gasteiger charge is -1.87. The maximum atomic E-state index is 10.7. The number of Topliss-reactive ketones (excluding diaryl/α,β-unsaturated/α-hetero) is 1. The summed E-state index contributed by atoms with van der Waals surface area (Å²) < 4.78 is 3.35. The summed E-state index contributed by atoms with van der Waals surface area (Å²) in [6.45, 7) is 1.25. The molecule has 0 atom stereocenters. The van der Waals surface area contributed by atoms with E-state index < -0.39 is 5.97 Å². The van der Waals surface area contributed by atoms with Crippen molar-refractivity contribution in [3.05, 3.63) is 10.6 Å². The van der Waals surface area contributed by atoms with Crippen LogP contribution in [0.4, 0.5) is 0 Å². The van der Waals surface area contributed by atoms with Gasteiger partial charge in [0, 0.05) is 6.92 Å². The number of nitrogens with zero attached hydrogens (tertiary/aromatic N) is 2. The van der Waals surface area contributed by atoms with E-state index in [1.807, 2.05) is 0 Å². The number of hydrogen-bond donors (Lipinski definition) is 1. The van der Waals surface area contributed by atoms with Gasteiger partial charge in [0.05, 0.1) is 0 Å². The molecule has 58 valence electrons. The van der Waals surface area contributed by atoms with Crippen LogP contribution in [0.1, 0.15) is 27.1 Å². The predicted octanol–water partition coefficient (Wildman–Crippen LogP) is 0.439. The van der Waals surface area contributed by atoms with Crippen LogP contribution < -0.4 is 0 Å². The number of ketones is 1. The van der Waals surface area contributed by atoms with Gasteiger partial charge in [-0.2, -0.15) is 0 Å². The minimum absolute atomic E-state index is 0.0671. The Labute approximate surface area is 65.8 Å². The summed E-state index contributed by atoms with van der Waals surface area (Å²) in [7, 11) is 0. The number of aromatic nitrogens is 2. The molecule has 0 aromatic carbocycles. The maximum absolute atomic E-state index is 10.7. The summed E-state index contributed by atoms with van der Waals surface area (Å²) in [5, 5.41) is 11.9. The summed E-state index contributed by atoms with van der Waals surface area (Å²) in [6.07, 6.45) is 0. The van der Waals surface area contributed by atoms with Crippen molar-refractivity contribution < 1.29 is 14.7 Å². The first-order valence-corrected chi connectivity index (χ1v) is 3.47. The smallest absolute Gasteiger partial charge is 0.349 e. The summed E-state index contributed by atoms with van der Waals surface area (Å²) >= 11 is 0.704. The zero-order chi connectivity index (χ0) is 8.43. The molecule has 6 heteroatoms. The van der Waals surface area contributed by atoms with Gasteiger partial charge in [0.15, 0.2) is 16.4 Å². The fourth-order valence-corrected chi connectivity index (χ4v) is 1.11. The van der Waals surface area contributed by atoms with E-state index in [4.69, 9.17) is 5.11 Å². The number of rotatable bonds is 2. The van der Waals surface area contributed by atoms with Gasteiger partial charge in [-0.15, -0.1) is 5.10 Å². The Morgan fingerprint density at radius 3 is 2.55 bits per heavy atom. The van der Waals surface area contributed by atoms with Crippen LogP contribution in [0.25, 0.3) is 0 Å². The molecule has 1 aromatic rings. The molecule has 5 nitrogen and oxygen atoms in total. The molecule has 0 aliphatic rings. The van der Waals surface area contributed by atoms with Gasteiger partial charge in [0.25, 0.3) is 0 Å². The zero-order valence-electron chi connectivity index (χ0n) is 5.57. The molecular formula is C5H4N2O3S. The fourth-order valence-electron chi connectivity index (χ4n) is 0.561. The number of hydrogen-bond acceptors (Lipinski definition) is 5. The second kappa shape index (κ2) is 2.75. The van der Waals surface area contributed by atoms with E-state index in [1.54, 1.807) is 0 Å². The summed E-state index contributed by atoms with van der Waals surface area (Å²) in [5.41, 5.74) is -0.0671. The first kappa shape index (κ1) is 7.80. The lowest BCUT2D eigenvalue weighted by Crippen LogP contribution is -2.02. The van der Waals surface area contributed by atoms with Gasteiger partial charge in [0.2, 0.25) is 0 Å². The lowest BCUT2D eigenvalue weighted by molar-refractivity contribution is 0.0697. The molecule has 0 bridgehead atoms. The second-order valence-electron chi connectivity index (χ2n) is 1.81. The van der Waals surface area contributed by atoms with E-state index in [9.17, 15) is 9.59 Å². The van der Waals surface area contributed by atoms with Crippen molar-refractivity contribution in [3.63, 3.8) is 0 Å². The molecule has 0 amide bonds. The van der Waals surface area contributed by atoms with Gasteiger partial charge in [-0.1, -0.05) is 4.49 Å². The van der Waals surface area contributed by atoms with Crippen molar-refractivity contribution in [2.24, 2.45) is 0 Å². The topological polar surface area (TPSA) is 80.2 Å². The highest BCUT2D eigenvalue weighted by atomic mass is 32.1. The SMILES string of the molecule is CC(=O)c1nnsc1C(=O)O. The van der Waals surface area contributed by atoms with Crippen molar-refractivity contribution in [1.82, 2.24) is 9.59 Å². The van der Waals surface area contributed by atoms with E-state index in [0.29, 0.717) is 11.5 Å². The van der Waals surface area contributed by atoms with Crippen LogP contribution in [0.15, 0.2) is 0 Å². The van der Waals surface area contributed by atoms with Gasteiger partial charge in [-0.3, -0.25) is 4.79 Å². The molecule has 1 aromatic heterocycles. The molecule has 1 rings (SSSR count). The number of carbonyl (C=O) groups is 2. The Morgan fingerprint density at radius 2 is 2.18 bits per heavy atom. The number of aromatic carboxylic acids is 1. The van der Waals surface area contributed by atoms with E-state index >= 15 is 0 Å². The van der Waals surface area contributed by atoms with Crippen LogP contribution in [0.5, 0.6) is 0 Å². The van der Waals surface area contributed by atoms with Gasteiger partial charge in [-0.25, -0.2) is 4.79 Å². The Balaban J connectivity index is 3.16. The normalized spacial score (nSPS) is 9.55. The number of carboxylic acid groups (broad SMARTS) is 1. The van der Waals surface area contributed by atoms with Gasteiger partial charge in [0.1, 0.15) is 0 Å². The molecule has 11 heavy (non-hydrogen) atoms. The lowest BCUT2D eigenvalue weighted by atomic mass is 10.3. The van der Waals surface area contributed by atoms with Crippen LogP contribution in [0.2, 0.25) is 0 Å². The van der Waals surface area contributed by atoms with Crippen LogP contribution in [0.3, 0.4) is 0 Å². The molecule has 0 saturated heterocycles. The van der Waals surface area contributed by atoms with Crippen molar-refractivity contribution in [3.8, 4) is 0 Å². The summed E-state index contributed by atoms with van der Waals surface area (Å²) in [4.78, 5) is 20.9. The molecule has 0 aliphatic heterocycles. The van der Waals surface area contributed by atoms with Crippen LogP contribution in [-0.4, -0.2) is 26.4 Å². The van der Waals surface area contributed by atoms with E-state index in [0.717, 1.165) is 0 Å². The average Bonchev–Trinajstić information content (AvgIpc) is 2.32. The van der Waals surface area contributed by atoms with Crippen LogP contribution >= 0.6 is 11.5 Å². The molecule has 0 radical (unpaired) electrons. The third kappa shape index (κ3) is 1.40. The molecule has 0 saturated carbocycles. The summed E-state index contributed by atoms with van der Waals surface area (Å²) in [6, 6.07) is 0. The molecule has 0 spiro atoms. The Bertz CT molecular complexity index is 278. The third-order valence-corrected chi connectivity index (χ3v) is 1.73. The average molecular weight is 172 g/mol. The zero-order valence-corrected chi connectivity index (χ0v) is 6.38. The van der Waals surface area contributed by atoms with E-state index in [1.165, 1.54) is 6.92 Å². The predicted molar refractivity (Wildman–Crippen MR) is 36.9 cm³/mol. The standard InChI is InChI=1S/C5H4N2O3S/c1-2(8)3-4(5(9)10)11-7-6-3/h1H3,(H,9,10). The molecular weight excluding hydrogens is 168 g/mol. The van der Waals surface area contributed by atoms with Crippen molar-refractivity contribution >= 4 is 23.3 Å². The van der Waals surface area contributed by atoms with Gasteiger partial charge >= 0.3 is 5.97 Å². The highest BCUT2D eigenvalue weighted by Crippen LogP contribution is 2.10.